The highest BCUT2D eigenvalue weighted by Crippen LogP contribution is 2.07. The number of carbonyl (C=O) groups excluding carboxylic acids is 1. The van der Waals surface area contributed by atoms with Crippen LogP contribution >= 0.6 is 0 Å². The lowest BCUT2D eigenvalue weighted by molar-refractivity contribution is 0.0802. The summed E-state index contributed by atoms with van der Waals surface area (Å²) in [5.41, 5.74) is 0.417. The van der Waals surface area contributed by atoms with Crippen LogP contribution < -0.4 is 10.2 Å². The lowest BCUT2D eigenvalue weighted by atomic mass is 10.2. The van der Waals surface area contributed by atoms with Crippen molar-refractivity contribution in [2.24, 2.45) is 0 Å². The molecule has 0 spiro atoms. The van der Waals surface area contributed by atoms with E-state index in [0.717, 1.165) is 5.82 Å². The Morgan fingerprint density at radius 3 is 2.71 bits per heavy atom. The Kier molecular flexibility index (Phi) is 4.86. The average molecular weight is 239 g/mol. The predicted octanol–water partition coefficient (Wildman–Crippen LogP) is -0.769. The van der Waals surface area contributed by atoms with Gasteiger partial charge in [-0.1, -0.05) is 0 Å². The van der Waals surface area contributed by atoms with Crippen LogP contribution in [0.2, 0.25) is 0 Å². The minimum Gasteiger partial charge on any atom is -0.394 e. The van der Waals surface area contributed by atoms with Crippen molar-refractivity contribution >= 4 is 11.7 Å². The minimum absolute atomic E-state index is 0.0186. The molecular formula is C11H17N3O3. The van der Waals surface area contributed by atoms with E-state index < -0.39 is 6.10 Å². The molecule has 1 rings (SSSR count). The summed E-state index contributed by atoms with van der Waals surface area (Å²) in [6, 6.07) is 3.39. The van der Waals surface area contributed by atoms with E-state index >= 15 is 0 Å². The quantitative estimate of drug-likeness (QED) is 0.628. The molecule has 94 valence electrons. The van der Waals surface area contributed by atoms with Crippen molar-refractivity contribution in [3.63, 3.8) is 0 Å². The maximum Gasteiger partial charge on any atom is 0.252 e. The van der Waals surface area contributed by atoms with E-state index in [0.29, 0.717) is 5.56 Å². The van der Waals surface area contributed by atoms with Crippen LogP contribution in [0.15, 0.2) is 18.3 Å². The third-order valence-electron chi connectivity index (χ3n) is 2.18. The molecule has 1 aromatic rings. The molecule has 3 N–H and O–H groups in total. The Labute approximate surface area is 99.9 Å². The van der Waals surface area contributed by atoms with Gasteiger partial charge in [-0.2, -0.15) is 0 Å². The first kappa shape index (κ1) is 13.4. The number of aromatic nitrogens is 1. The number of nitrogens with zero attached hydrogens (tertiary/aromatic N) is 2. The van der Waals surface area contributed by atoms with E-state index in [1.807, 2.05) is 19.0 Å². The van der Waals surface area contributed by atoms with Gasteiger partial charge in [-0.05, 0) is 12.1 Å². The van der Waals surface area contributed by atoms with Crippen LogP contribution in [0.3, 0.4) is 0 Å². The van der Waals surface area contributed by atoms with E-state index in [1.165, 1.54) is 6.20 Å². The second-order valence-electron chi connectivity index (χ2n) is 3.85. The first-order chi connectivity index (χ1) is 8.04. The van der Waals surface area contributed by atoms with Gasteiger partial charge in [-0.25, -0.2) is 4.98 Å². The number of rotatable bonds is 5. The molecule has 1 atom stereocenters. The predicted molar refractivity (Wildman–Crippen MR) is 64.0 cm³/mol. The molecule has 0 fully saturated rings. The number of hydrogen-bond acceptors (Lipinski definition) is 5. The van der Waals surface area contributed by atoms with Crippen LogP contribution in [0, 0.1) is 0 Å². The monoisotopic (exact) mass is 239 g/mol. The Morgan fingerprint density at radius 1 is 1.53 bits per heavy atom. The van der Waals surface area contributed by atoms with Gasteiger partial charge in [0.1, 0.15) is 5.82 Å². The highest BCUT2D eigenvalue weighted by Gasteiger charge is 2.08. The number of aliphatic hydroxyl groups excluding tert-OH is 2. The van der Waals surface area contributed by atoms with Gasteiger partial charge in [0.05, 0.1) is 18.3 Å². The van der Waals surface area contributed by atoms with E-state index in [-0.39, 0.29) is 19.1 Å². The fourth-order valence-corrected chi connectivity index (χ4v) is 1.16. The number of pyridine rings is 1. The number of amides is 1. The SMILES string of the molecule is CN(C)c1ccc(C(=O)NCC(O)CO)cn1. The van der Waals surface area contributed by atoms with Crippen LogP contribution in [0.5, 0.6) is 0 Å². The number of anilines is 1. The third-order valence-corrected chi connectivity index (χ3v) is 2.18. The van der Waals surface area contributed by atoms with Crippen LogP contribution in [0.4, 0.5) is 5.82 Å². The molecule has 1 amide bonds. The summed E-state index contributed by atoms with van der Waals surface area (Å²) < 4.78 is 0. The molecule has 1 heterocycles. The third kappa shape index (κ3) is 4.01. The van der Waals surface area contributed by atoms with Crippen molar-refractivity contribution in [3.8, 4) is 0 Å². The fraction of sp³-hybridized carbons (Fsp3) is 0.455. The van der Waals surface area contributed by atoms with E-state index in [9.17, 15) is 4.79 Å². The fourth-order valence-electron chi connectivity index (χ4n) is 1.16. The molecule has 0 aromatic carbocycles. The smallest absolute Gasteiger partial charge is 0.252 e. The number of carbonyl (C=O) groups is 1. The normalized spacial score (nSPS) is 12.0. The van der Waals surface area contributed by atoms with Crippen molar-refractivity contribution in [1.29, 1.82) is 0 Å². The molecule has 0 saturated carbocycles. The lowest BCUT2D eigenvalue weighted by Gasteiger charge is -2.12. The number of hydrogen-bond donors (Lipinski definition) is 3. The molecule has 17 heavy (non-hydrogen) atoms. The molecule has 0 bridgehead atoms. The van der Waals surface area contributed by atoms with Crippen LogP contribution in [-0.4, -0.2) is 54.5 Å². The van der Waals surface area contributed by atoms with Gasteiger partial charge in [0, 0.05) is 26.8 Å². The van der Waals surface area contributed by atoms with Crippen molar-refractivity contribution in [2.75, 3.05) is 32.1 Å². The molecule has 6 heteroatoms. The Bertz CT molecular complexity index is 365. The Balaban J connectivity index is 2.58. The zero-order valence-electron chi connectivity index (χ0n) is 9.92. The Morgan fingerprint density at radius 2 is 2.24 bits per heavy atom. The summed E-state index contributed by atoms with van der Waals surface area (Å²) in [5, 5.41) is 20.2. The van der Waals surface area contributed by atoms with Crippen molar-refractivity contribution in [2.45, 2.75) is 6.10 Å². The van der Waals surface area contributed by atoms with E-state index in [1.54, 1.807) is 12.1 Å². The molecule has 0 aliphatic carbocycles. The van der Waals surface area contributed by atoms with Gasteiger partial charge in [-0.3, -0.25) is 4.79 Å². The van der Waals surface area contributed by atoms with E-state index in [4.69, 9.17) is 10.2 Å². The average Bonchev–Trinajstić information content (AvgIpc) is 2.35. The molecule has 0 aliphatic heterocycles. The van der Waals surface area contributed by atoms with Crippen LogP contribution in [-0.2, 0) is 0 Å². The summed E-state index contributed by atoms with van der Waals surface area (Å²) >= 11 is 0. The molecule has 6 nitrogen and oxygen atoms in total. The highest BCUT2D eigenvalue weighted by molar-refractivity contribution is 5.94. The molecule has 1 aromatic heterocycles. The van der Waals surface area contributed by atoms with Crippen molar-refractivity contribution in [1.82, 2.24) is 10.3 Å². The maximum absolute atomic E-state index is 11.6. The van der Waals surface area contributed by atoms with Gasteiger partial charge in [-0.15, -0.1) is 0 Å². The summed E-state index contributed by atoms with van der Waals surface area (Å²) in [6.45, 7) is -0.358. The first-order valence-electron chi connectivity index (χ1n) is 5.25. The van der Waals surface area contributed by atoms with Gasteiger partial charge in [0.15, 0.2) is 0 Å². The molecule has 0 radical (unpaired) electrons. The van der Waals surface area contributed by atoms with Crippen molar-refractivity contribution < 1.29 is 15.0 Å². The number of nitrogens with one attached hydrogen (secondary N) is 1. The molecule has 1 unspecified atom stereocenters. The van der Waals surface area contributed by atoms with Gasteiger partial charge in [0.25, 0.3) is 5.91 Å². The second kappa shape index (κ2) is 6.17. The van der Waals surface area contributed by atoms with E-state index in [2.05, 4.69) is 10.3 Å². The molecule has 0 aliphatic rings. The Hall–Kier alpha value is -1.66. The van der Waals surface area contributed by atoms with Gasteiger partial charge >= 0.3 is 0 Å². The lowest BCUT2D eigenvalue weighted by Crippen LogP contribution is -2.33. The van der Waals surface area contributed by atoms with Gasteiger partial charge < -0.3 is 20.4 Å². The number of aliphatic hydroxyl groups is 2. The zero-order valence-corrected chi connectivity index (χ0v) is 9.92. The first-order valence-corrected chi connectivity index (χ1v) is 5.25. The largest absolute Gasteiger partial charge is 0.394 e. The van der Waals surface area contributed by atoms with Crippen LogP contribution in [0.25, 0.3) is 0 Å². The molecular weight excluding hydrogens is 222 g/mol. The molecule has 0 saturated heterocycles. The zero-order chi connectivity index (χ0) is 12.8. The standard InChI is InChI=1S/C11H17N3O3/c1-14(2)10-4-3-8(5-12-10)11(17)13-6-9(16)7-15/h3-5,9,15-16H,6-7H2,1-2H3,(H,13,17). The van der Waals surface area contributed by atoms with Gasteiger partial charge in [0.2, 0.25) is 0 Å². The summed E-state index contributed by atoms with van der Waals surface area (Å²) in [5.74, 6) is 0.437. The van der Waals surface area contributed by atoms with Crippen molar-refractivity contribution in [3.05, 3.63) is 23.9 Å². The summed E-state index contributed by atoms with van der Waals surface area (Å²) in [6.07, 6.45) is 0.531. The second-order valence-corrected chi connectivity index (χ2v) is 3.85. The topological polar surface area (TPSA) is 85.7 Å². The minimum atomic E-state index is -0.937. The van der Waals surface area contributed by atoms with Crippen LogP contribution in [0.1, 0.15) is 10.4 Å². The highest BCUT2D eigenvalue weighted by atomic mass is 16.3. The summed E-state index contributed by atoms with van der Waals surface area (Å²) in [7, 11) is 3.72. The maximum atomic E-state index is 11.6. The summed E-state index contributed by atoms with van der Waals surface area (Å²) in [4.78, 5) is 17.5.